The molecule has 9 heteroatoms. The van der Waals surface area contributed by atoms with Gasteiger partial charge in [0.25, 0.3) is 5.56 Å². The Morgan fingerprint density at radius 1 is 1.28 bits per heavy atom. The van der Waals surface area contributed by atoms with Crippen molar-refractivity contribution in [1.29, 1.82) is 0 Å². The minimum Gasteiger partial charge on any atom is -0.375 e. The zero-order chi connectivity index (χ0) is 17.9. The summed E-state index contributed by atoms with van der Waals surface area (Å²) >= 11 is 0. The van der Waals surface area contributed by atoms with Crippen LogP contribution in [-0.4, -0.2) is 26.3 Å². The molecule has 2 aliphatic heterocycles. The topological polar surface area (TPSA) is 66.1 Å². The first-order valence-electron chi connectivity index (χ1n) is 8.09. The summed E-state index contributed by atoms with van der Waals surface area (Å²) < 4.78 is 46.3. The van der Waals surface area contributed by atoms with Gasteiger partial charge in [-0.1, -0.05) is 0 Å². The van der Waals surface area contributed by atoms with Crippen molar-refractivity contribution in [2.75, 3.05) is 0 Å². The Bertz CT molecular complexity index is 963. The molecular formula is C16H16F3N3O3. The molecule has 2 bridgehead atoms. The molecule has 6 nitrogen and oxygen atoms in total. The quantitative estimate of drug-likeness (QED) is 0.822. The van der Waals surface area contributed by atoms with E-state index in [0.29, 0.717) is 0 Å². The monoisotopic (exact) mass is 355 g/mol. The van der Waals surface area contributed by atoms with Crippen LogP contribution in [0.4, 0.5) is 13.2 Å². The highest BCUT2D eigenvalue weighted by molar-refractivity contribution is 5.74. The van der Waals surface area contributed by atoms with Gasteiger partial charge in [0.2, 0.25) is 0 Å². The molecule has 0 aliphatic carbocycles. The maximum atomic E-state index is 12.8. The van der Waals surface area contributed by atoms with Crippen molar-refractivity contribution >= 4 is 11.0 Å². The Morgan fingerprint density at radius 2 is 2.04 bits per heavy atom. The summed E-state index contributed by atoms with van der Waals surface area (Å²) in [4.78, 5) is 28.6. The zero-order valence-corrected chi connectivity index (χ0v) is 13.4. The third kappa shape index (κ3) is 2.57. The van der Waals surface area contributed by atoms with Crippen LogP contribution in [0.1, 0.15) is 25.0 Å². The first kappa shape index (κ1) is 16.3. The fourth-order valence-electron chi connectivity index (χ4n) is 3.86. The predicted octanol–water partition coefficient (Wildman–Crippen LogP) is 1.68. The van der Waals surface area contributed by atoms with Crippen molar-refractivity contribution in [1.82, 2.24) is 14.1 Å². The van der Waals surface area contributed by atoms with Gasteiger partial charge in [-0.05, 0) is 31.4 Å². The predicted molar refractivity (Wildman–Crippen MR) is 82.2 cm³/mol. The Labute approximate surface area is 139 Å². The van der Waals surface area contributed by atoms with Crippen LogP contribution >= 0.6 is 0 Å². The van der Waals surface area contributed by atoms with Gasteiger partial charge in [0.1, 0.15) is 11.3 Å². The molecule has 2 aromatic heterocycles. The third-order valence-corrected chi connectivity index (χ3v) is 5.13. The average Bonchev–Trinajstić information content (AvgIpc) is 3.18. The summed E-state index contributed by atoms with van der Waals surface area (Å²) in [6, 6.07) is 1.85. The summed E-state index contributed by atoms with van der Waals surface area (Å²) in [5.74, 6) is 0.0732. The summed E-state index contributed by atoms with van der Waals surface area (Å²) in [6.07, 6.45) is -1.71. The SMILES string of the molecule is Cn1c(=O)n(CC2CC3CCC2O3)c(=O)c2ccc(C(F)(F)F)nc21. The molecule has 2 aromatic rings. The molecule has 0 amide bonds. The first-order valence-corrected chi connectivity index (χ1v) is 8.09. The van der Waals surface area contributed by atoms with Crippen LogP contribution in [0.3, 0.4) is 0 Å². The van der Waals surface area contributed by atoms with Gasteiger partial charge >= 0.3 is 11.9 Å². The van der Waals surface area contributed by atoms with E-state index in [2.05, 4.69) is 4.98 Å². The maximum absolute atomic E-state index is 12.8. The summed E-state index contributed by atoms with van der Waals surface area (Å²) in [5.41, 5.74) is -2.66. The van der Waals surface area contributed by atoms with E-state index in [-0.39, 0.29) is 35.7 Å². The molecule has 4 rings (SSSR count). The van der Waals surface area contributed by atoms with Crippen LogP contribution in [0.25, 0.3) is 11.0 Å². The molecule has 2 aliphatic rings. The second kappa shape index (κ2) is 5.42. The van der Waals surface area contributed by atoms with Gasteiger partial charge in [0, 0.05) is 19.5 Å². The molecule has 0 saturated carbocycles. The molecule has 4 heterocycles. The molecule has 3 unspecified atom stereocenters. The summed E-state index contributed by atoms with van der Waals surface area (Å²) in [7, 11) is 1.32. The smallest absolute Gasteiger partial charge is 0.375 e. The number of aromatic nitrogens is 3. The van der Waals surface area contributed by atoms with Crippen molar-refractivity contribution in [2.45, 2.75) is 44.2 Å². The number of rotatable bonds is 2. The van der Waals surface area contributed by atoms with E-state index in [0.717, 1.165) is 40.5 Å². The zero-order valence-electron chi connectivity index (χ0n) is 13.4. The number of alkyl halides is 3. The number of ether oxygens (including phenoxy) is 1. The third-order valence-electron chi connectivity index (χ3n) is 5.13. The molecule has 0 N–H and O–H groups in total. The van der Waals surface area contributed by atoms with Gasteiger partial charge in [-0.3, -0.25) is 13.9 Å². The van der Waals surface area contributed by atoms with E-state index < -0.39 is 23.1 Å². The van der Waals surface area contributed by atoms with Crippen molar-refractivity contribution < 1.29 is 17.9 Å². The first-order chi connectivity index (χ1) is 11.8. The van der Waals surface area contributed by atoms with E-state index >= 15 is 0 Å². The molecule has 134 valence electrons. The van der Waals surface area contributed by atoms with Crippen molar-refractivity contribution in [3.63, 3.8) is 0 Å². The Morgan fingerprint density at radius 3 is 2.64 bits per heavy atom. The summed E-state index contributed by atoms with van der Waals surface area (Å²) in [5, 5.41) is -0.000764. The van der Waals surface area contributed by atoms with Crippen molar-refractivity contribution in [3.05, 3.63) is 38.7 Å². The number of halogens is 3. The van der Waals surface area contributed by atoms with Gasteiger partial charge in [0.15, 0.2) is 0 Å². The second-order valence-corrected chi connectivity index (χ2v) is 6.69. The Hall–Kier alpha value is -2.16. The fraction of sp³-hybridized carbons (Fsp3) is 0.562. The number of nitrogens with zero attached hydrogens (tertiary/aromatic N) is 3. The van der Waals surface area contributed by atoms with Gasteiger partial charge in [-0.15, -0.1) is 0 Å². The van der Waals surface area contributed by atoms with Gasteiger partial charge in [-0.2, -0.15) is 13.2 Å². The minimum absolute atomic E-state index is 0.000764. The van der Waals surface area contributed by atoms with Crippen LogP contribution < -0.4 is 11.2 Å². The fourth-order valence-corrected chi connectivity index (χ4v) is 3.86. The molecule has 2 fully saturated rings. The van der Waals surface area contributed by atoms with E-state index in [9.17, 15) is 22.8 Å². The molecular weight excluding hydrogens is 339 g/mol. The van der Waals surface area contributed by atoms with Crippen LogP contribution in [0.15, 0.2) is 21.7 Å². The number of hydrogen-bond acceptors (Lipinski definition) is 4. The van der Waals surface area contributed by atoms with Crippen molar-refractivity contribution in [2.24, 2.45) is 13.0 Å². The average molecular weight is 355 g/mol. The van der Waals surface area contributed by atoms with Crippen LogP contribution in [0.2, 0.25) is 0 Å². The van der Waals surface area contributed by atoms with Crippen molar-refractivity contribution in [3.8, 4) is 0 Å². The lowest BCUT2D eigenvalue weighted by Gasteiger charge is -2.20. The Balaban J connectivity index is 1.81. The molecule has 0 radical (unpaired) electrons. The van der Waals surface area contributed by atoms with Gasteiger partial charge < -0.3 is 4.74 Å². The molecule has 2 saturated heterocycles. The minimum atomic E-state index is -4.64. The highest BCUT2D eigenvalue weighted by Gasteiger charge is 2.41. The lowest BCUT2D eigenvalue weighted by Crippen LogP contribution is -2.42. The molecule has 25 heavy (non-hydrogen) atoms. The van der Waals surface area contributed by atoms with Crippen LogP contribution in [0.5, 0.6) is 0 Å². The molecule has 0 aromatic carbocycles. The normalized spacial score (nSPS) is 25.8. The number of fused-ring (bicyclic) bond motifs is 3. The lowest BCUT2D eigenvalue weighted by atomic mass is 9.89. The van der Waals surface area contributed by atoms with E-state index in [4.69, 9.17) is 4.74 Å². The number of pyridine rings is 1. The van der Waals surface area contributed by atoms with Crippen LogP contribution in [0, 0.1) is 5.92 Å². The molecule has 3 atom stereocenters. The van der Waals surface area contributed by atoms with Gasteiger partial charge in [0.05, 0.1) is 17.6 Å². The van der Waals surface area contributed by atoms with E-state index in [1.807, 2.05) is 0 Å². The maximum Gasteiger partial charge on any atom is 0.433 e. The second-order valence-electron chi connectivity index (χ2n) is 6.69. The van der Waals surface area contributed by atoms with E-state index in [1.165, 1.54) is 7.05 Å². The number of aryl methyl sites for hydroxylation is 1. The largest absolute Gasteiger partial charge is 0.433 e. The van der Waals surface area contributed by atoms with E-state index in [1.54, 1.807) is 0 Å². The van der Waals surface area contributed by atoms with Crippen LogP contribution in [-0.2, 0) is 24.5 Å². The Kier molecular flexibility index (Phi) is 3.54. The lowest BCUT2D eigenvalue weighted by molar-refractivity contribution is -0.141. The highest BCUT2D eigenvalue weighted by atomic mass is 19.4. The summed E-state index contributed by atoms with van der Waals surface area (Å²) in [6.45, 7) is 0.212. The van der Waals surface area contributed by atoms with Gasteiger partial charge in [-0.25, -0.2) is 9.78 Å². The highest BCUT2D eigenvalue weighted by Crippen LogP contribution is 2.39. The standard InChI is InChI=1S/C16H16F3N3O3/c1-21-13-10(3-5-12(20-13)16(17,18)19)14(23)22(15(21)24)7-8-6-9-2-4-11(8)25-9/h3,5,8-9,11H,2,4,6-7H2,1H3. The molecule has 0 spiro atoms. The number of hydrogen-bond donors (Lipinski definition) is 0.